The zero-order valence-electron chi connectivity index (χ0n) is 10.6. The zero-order valence-corrected chi connectivity index (χ0v) is 11.3. The third-order valence-electron chi connectivity index (χ3n) is 2.63. The first kappa shape index (κ1) is 14.0. The fourth-order valence-corrected chi connectivity index (χ4v) is 1.78. The molecule has 0 aliphatic rings. The van der Waals surface area contributed by atoms with Gasteiger partial charge < -0.3 is 10.4 Å². The number of pyridine rings is 1. The number of halogens is 1. The summed E-state index contributed by atoms with van der Waals surface area (Å²) in [6.45, 7) is 1.81. The third-order valence-corrected chi connectivity index (χ3v) is 2.87. The predicted octanol–water partition coefficient (Wildman–Crippen LogP) is 2.99. The van der Waals surface area contributed by atoms with Crippen LogP contribution in [0.3, 0.4) is 0 Å². The number of aryl methyl sites for hydroxylation is 1. The maximum Gasteiger partial charge on any atom is 0.337 e. The molecule has 1 aromatic heterocycles. The Kier molecular flexibility index (Phi) is 4.00. The highest BCUT2D eigenvalue weighted by Crippen LogP contribution is 2.21. The van der Waals surface area contributed by atoms with Gasteiger partial charge in [0.05, 0.1) is 16.8 Å². The van der Waals surface area contributed by atoms with Crippen LogP contribution in [0.15, 0.2) is 36.5 Å². The molecule has 5 nitrogen and oxygen atoms in total. The lowest BCUT2D eigenvalue weighted by atomic mass is 10.1. The number of aromatic carboxylic acids is 1. The lowest BCUT2D eigenvalue weighted by Crippen LogP contribution is -2.15. The van der Waals surface area contributed by atoms with Crippen LogP contribution in [-0.4, -0.2) is 22.0 Å². The second kappa shape index (κ2) is 5.71. The number of nitrogens with zero attached hydrogens (tertiary/aromatic N) is 1. The monoisotopic (exact) mass is 290 g/mol. The molecule has 0 saturated carbocycles. The van der Waals surface area contributed by atoms with Gasteiger partial charge in [0.25, 0.3) is 5.91 Å². The number of carboxylic acids is 1. The van der Waals surface area contributed by atoms with Gasteiger partial charge in [-0.25, -0.2) is 4.79 Å². The first-order valence-electron chi connectivity index (χ1n) is 5.74. The first-order chi connectivity index (χ1) is 9.47. The molecule has 1 heterocycles. The fraction of sp³-hybridized carbons (Fsp3) is 0.0714. The van der Waals surface area contributed by atoms with Crippen LogP contribution in [-0.2, 0) is 0 Å². The molecule has 0 unspecified atom stereocenters. The minimum absolute atomic E-state index is 0.0252. The number of carboxylic acid groups (broad SMARTS) is 1. The van der Waals surface area contributed by atoms with Gasteiger partial charge in [0.1, 0.15) is 0 Å². The maximum atomic E-state index is 12.0. The highest BCUT2D eigenvalue weighted by atomic mass is 35.5. The molecule has 0 spiro atoms. The number of anilines is 1. The van der Waals surface area contributed by atoms with Crippen molar-refractivity contribution in [3.63, 3.8) is 0 Å². The van der Waals surface area contributed by atoms with Gasteiger partial charge in [0, 0.05) is 16.9 Å². The number of amides is 1. The Labute approximate surface area is 120 Å². The summed E-state index contributed by atoms with van der Waals surface area (Å²) < 4.78 is 0. The van der Waals surface area contributed by atoms with E-state index >= 15 is 0 Å². The molecule has 1 amide bonds. The summed E-state index contributed by atoms with van der Waals surface area (Å²) in [5.41, 5.74) is 1.25. The Morgan fingerprint density at radius 2 is 2.00 bits per heavy atom. The summed E-state index contributed by atoms with van der Waals surface area (Å²) in [5.74, 6) is -1.58. The van der Waals surface area contributed by atoms with Crippen LogP contribution in [0.25, 0.3) is 0 Å². The molecule has 1 aromatic carbocycles. The SMILES string of the molecule is Cc1ccc(C(=O)Nc2cc(Cl)ccc2C(=O)O)cn1. The molecule has 102 valence electrons. The van der Waals surface area contributed by atoms with Crippen molar-refractivity contribution in [2.24, 2.45) is 0 Å². The van der Waals surface area contributed by atoms with Crippen LogP contribution < -0.4 is 5.32 Å². The number of aromatic nitrogens is 1. The van der Waals surface area contributed by atoms with Crippen molar-refractivity contribution in [1.82, 2.24) is 4.98 Å². The van der Waals surface area contributed by atoms with E-state index in [1.807, 2.05) is 0 Å². The summed E-state index contributed by atoms with van der Waals surface area (Å²) >= 11 is 5.82. The highest BCUT2D eigenvalue weighted by Gasteiger charge is 2.14. The van der Waals surface area contributed by atoms with Crippen molar-refractivity contribution in [1.29, 1.82) is 0 Å². The van der Waals surface area contributed by atoms with Crippen molar-refractivity contribution in [2.75, 3.05) is 5.32 Å². The van der Waals surface area contributed by atoms with Gasteiger partial charge in [-0.05, 0) is 37.3 Å². The largest absolute Gasteiger partial charge is 0.478 e. The minimum Gasteiger partial charge on any atom is -0.478 e. The van der Waals surface area contributed by atoms with E-state index in [-0.39, 0.29) is 11.3 Å². The average Bonchev–Trinajstić information content (AvgIpc) is 2.39. The molecule has 0 atom stereocenters. The standard InChI is InChI=1S/C14H11ClN2O3/c1-8-2-3-9(7-16-8)13(18)17-12-6-10(15)4-5-11(12)14(19)20/h2-7H,1H3,(H,17,18)(H,19,20). The van der Waals surface area contributed by atoms with Crippen LogP contribution in [0.2, 0.25) is 5.02 Å². The molecule has 2 N–H and O–H groups in total. The molecule has 20 heavy (non-hydrogen) atoms. The van der Waals surface area contributed by atoms with E-state index in [4.69, 9.17) is 16.7 Å². The summed E-state index contributed by atoms with van der Waals surface area (Å²) in [6.07, 6.45) is 1.43. The highest BCUT2D eigenvalue weighted by molar-refractivity contribution is 6.31. The van der Waals surface area contributed by atoms with Gasteiger partial charge >= 0.3 is 5.97 Å². The second-order valence-corrected chi connectivity index (χ2v) is 4.57. The van der Waals surface area contributed by atoms with E-state index in [1.54, 1.807) is 19.1 Å². The molecule has 2 rings (SSSR count). The van der Waals surface area contributed by atoms with Crippen LogP contribution in [0.5, 0.6) is 0 Å². The molecule has 0 radical (unpaired) electrons. The second-order valence-electron chi connectivity index (χ2n) is 4.14. The lowest BCUT2D eigenvalue weighted by molar-refractivity contribution is 0.0698. The molecule has 6 heteroatoms. The van der Waals surface area contributed by atoms with Gasteiger partial charge in [-0.1, -0.05) is 11.6 Å². The topological polar surface area (TPSA) is 79.3 Å². The number of carbonyl (C=O) groups excluding carboxylic acids is 1. The lowest BCUT2D eigenvalue weighted by Gasteiger charge is -2.09. The first-order valence-corrected chi connectivity index (χ1v) is 6.12. The summed E-state index contributed by atoms with van der Waals surface area (Å²) in [6, 6.07) is 7.50. The van der Waals surface area contributed by atoms with Gasteiger partial charge in [-0.3, -0.25) is 9.78 Å². The van der Waals surface area contributed by atoms with E-state index in [0.29, 0.717) is 10.6 Å². The third kappa shape index (κ3) is 3.13. The van der Waals surface area contributed by atoms with Crippen LogP contribution in [0.4, 0.5) is 5.69 Å². The molecule has 0 fully saturated rings. The Morgan fingerprint density at radius 3 is 2.60 bits per heavy atom. The quantitative estimate of drug-likeness (QED) is 0.911. The normalized spacial score (nSPS) is 10.1. The molecule has 0 aliphatic carbocycles. The van der Waals surface area contributed by atoms with E-state index in [1.165, 1.54) is 24.4 Å². The Balaban J connectivity index is 2.29. The molecule has 0 saturated heterocycles. The molecule has 0 aliphatic heterocycles. The smallest absolute Gasteiger partial charge is 0.337 e. The summed E-state index contributed by atoms with van der Waals surface area (Å²) in [4.78, 5) is 27.1. The van der Waals surface area contributed by atoms with Crippen molar-refractivity contribution < 1.29 is 14.7 Å². The van der Waals surface area contributed by atoms with Crippen molar-refractivity contribution >= 4 is 29.2 Å². The maximum absolute atomic E-state index is 12.0. The Morgan fingerprint density at radius 1 is 1.25 bits per heavy atom. The van der Waals surface area contributed by atoms with Crippen LogP contribution in [0.1, 0.15) is 26.4 Å². The van der Waals surface area contributed by atoms with Gasteiger partial charge in [0.15, 0.2) is 0 Å². The van der Waals surface area contributed by atoms with Crippen molar-refractivity contribution in [3.8, 4) is 0 Å². The number of rotatable bonds is 3. The number of hydrogen-bond donors (Lipinski definition) is 2. The molecule has 0 bridgehead atoms. The van der Waals surface area contributed by atoms with E-state index < -0.39 is 11.9 Å². The summed E-state index contributed by atoms with van der Waals surface area (Å²) in [5, 5.41) is 11.9. The molecular weight excluding hydrogens is 280 g/mol. The number of nitrogens with one attached hydrogen (secondary N) is 1. The van der Waals surface area contributed by atoms with Crippen molar-refractivity contribution in [3.05, 3.63) is 58.4 Å². The van der Waals surface area contributed by atoms with Crippen LogP contribution >= 0.6 is 11.6 Å². The predicted molar refractivity (Wildman–Crippen MR) is 75.3 cm³/mol. The fourth-order valence-electron chi connectivity index (χ4n) is 1.60. The summed E-state index contributed by atoms with van der Waals surface area (Å²) in [7, 11) is 0. The minimum atomic E-state index is -1.14. The van der Waals surface area contributed by atoms with Gasteiger partial charge in [-0.2, -0.15) is 0 Å². The average molecular weight is 291 g/mol. The Hall–Kier alpha value is -2.40. The van der Waals surface area contributed by atoms with E-state index in [9.17, 15) is 9.59 Å². The number of benzene rings is 1. The van der Waals surface area contributed by atoms with E-state index in [0.717, 1.165) is 5.69 Å². The zero-order chi connectivity index (χ0) is 14.7. The van der Waals surface area contributed by atoms with Gasteiger partial charge in [-0.15, -0.1) is 0 Å². The van der Waals surface area contributed by atoms with E-state index in [2.05, 4.69) is 10.3 Å². The van der Waals surface area contributed by atoms with Crippen molar-refractivity contribution in [2.45, 2.75) is 6.92 Å². The van der Waals surface area contributed by atoms with Gasteiger partial charge in [0.2, 0.25) is 0 Å². The number of carbonyl (C=O) groups is 2. The van der Waals surface area contributed by atoms with Crippen LogP contribution in [0, 0.1) is 6.92 Å². The Bertz CT molecular complexity index is 669. The molecular formula is C14H11ClN2O3. The molecule has 2 aromatic rings. The number of hydrogen-bond acceptors (Lipinski definition) is 3.